The van der Waals surface area contributed by atoms with Crippen LogP contribution in [-0.4, -0.2) is 63.9 Å². The van der Waals surface area contributed by atoms with Crippen LogP contribution in [0.1, 0.15) is 21.5 Å². The number of hydrogen-bond acceptors (Lipinski definition) is 7. The van der Waals surface area contributed by atoms with E-state index < -0.39 is 12.1 Å². The molecule has 7 rings (SSSR count). The van der Waals surface area contributed by atoms with Crippen LogP contribution in [0.4, 0.5) is 29.2 Å². The largest absolute Gasteiger partial charge is 0.573 e. The van der Waals surface area contributed by atoms with Crippen LogP contribution in [0.25, 0.3) is 16.8 Å². The zero-order valence-corrected chi connectivity index (χ0v) is 24.8. The van der Waals surface area contributed by atoms with Crippen LogP contribution in [0.2, 0.25) is 0 Å². The quantitative estimate of drug-likeness (QED) is 0.196. The molecule has 4 heterocycles. The Morgan fingerprint density at radius 3 is 2.19 bits per heavy atom. The number of ketones is 1. The van der Waals surface area contributed by atoms with Crippen LogP contribution < -0.4 is 10.1 Å². The lowest BCUT2D eigenvalue weighted by Crippen LogP contribution is -2.67. The molecule has 1 spiro atoms. The van der Waals surface area contributed by atoms with Crippen molar-refractivity contribution < 1.29 is 36.6 Å². The highest BCUT2D eigenvalue weighted by atomic mass is 19.4. The molecule has 2 aliphatic heterocycles. The lowest BCUT2D eigenvalue weighted by molar-refractivity contribution is -0.274. The van der Waals surface area contributed by atoms with Crippen molar-refractivity contribution in [1.82, 2.24) is 19.5 Å². The number of hydrogen-bond donors (Lipinski definition) is 1. The molecule has 2 fully saturated rings. The van der Waals surface area contributed by atoms with E-state index in [2.05, 4.69) is 20.1 Å². The Kier molecular flexibility index (Phi) is 7.63. The van der Waals surface area contributed by atoms with Gasteiger partial charge in [-0.2, -0.15) is 4.98 Å². The molecule has 0 aliphatic carbocycles. The summed E-state index contributed by atoms with van der Waals surface area (Å²) < 4.78 is 64.1. The third-order valence-electron chi connectivity index (χ3n) is 8.19. The van der Waals surface area contributed by atoms with Crippen molar-refractivity contribution in [3.05, 3.63) is 108 Å². The van der Waals surface area contributed by atoms with Gasteiger partial charge in [0.15, 0.2) is 11.4 Å². The predicted molar refractivity (Wildman–Crippen MR) is 163 cm³/mol. The van der Waals surface area contributed by atoms with Gasteiger partial charge in [-0.25, -0.2) is 8.91 Å². The number of halogens is 4. The van der Waals surface area contributed by atoms with E-state index in [0.29, 0.717) is 32.0 Å². The van der Waals surface area contributed by atoms with Crippen LogP contribution in [0.3, 0.4) is 0 Å². The molecular formula is C34H27F4N5O4. The molecule has 0 unspecified atom stereocenters. The molecular weight excluding hydrogens is 618 g/mol. The zero-order chi connectivity index (χ0) is 32.8. The highest BCUT2D eigenvalue weighted by molar-refractivity contribution is 5.96. The molecule has 2 aromatic heterocycles. The predicted octanol–water partition coefficient (Wildman–Crippen LogP) is 6.00. The van der Waals surface area contributed by atoms with Crippen LogP contribution in [0.15, 0.2) is 85.1 Å². The number of aromatic nitrogens is 3. The van der Waals surface area contributed by atoms with Crippen molar-refractivity contribution in [2.75, 3.05) is 31.6 Å². The Bertz CT molecular complexity index is 1960. The zero-order valence-electron chi connectivity index (χ0n) is 24.8. The Morgan fingerprint density at radius 1 is 0.894 bits per heavy atom. The molecule has 5 aromatic rings. The summed E-state index contributed by atoms with van der Waals surface area (Å²) in [5.41, 5.74) is 3.64. The summed E-state index contributed by atoms with van der Waals surface area (Å²) >= 11 is 0. The maximum Gasteiger partial charge on any atom is 0.573 e. The first-order valence-electron chi connectivity index (χ1n) is 14.8. The van der Waals surface area contributed by atoms with Crippen molar-refractivity contribution in [2.45, 2.75) is 19.2 Å². The van der Waals surface area contributed by atoms with Crippen LogP contribution in [0.5, 0.6) is 5.75 Å². The maximum absolute atomic E-state index is 13.3. The summed E-state index contributed by atoms with van der Waals surface area (Å²) in [7, 11) is 0. The van der Waals surface area contributed by atoms with Crippen molar-refractivity contribution in [1.29, 1.82) is 0 Å². The maximum atomic E-state index is 13.3. The third-order valence-corrected chi connectivity index (χ3v) is 8.19. The molecule has 47 heavy (non-hydrogen) atoms. The van der Waals surface area contributed by atoms with Gasteiger partial charge < -0.3 is 19.7 Å². The van der Waals surface area contributed by atoms with Crippen LogP contribution >= 0.6 is 0 Å². The van der Waals surface area contributed by atoms with Gasteiger partial charge in [0.1, 0.15) is 11.6 Å². The van der Waals surface area contributed by atoms with Crippen molar-refractivity contribution in [2.24, 2.45) is 5.41 Å². The summed E-state index contributed by atoms with van der Waals surface area (Å²) in [6.07, 6.45) is -2.82. The number of likely N-dealkylation sites (tertiary alicyclic amines) is 1. The number of pyridine rings is 1. The van der Waals surface area contributed by atoms with E-state index in [1.807, 2.05) is 30.3 Å². The number of carbonyl (C=O) groups excluding carboxylic acids is 2. The third kappa shape index (κ3) is 6.66. The van der Waals surface area contributed by atoms with Gasteiger partial charge in [-0.3, -0.25) is 9.59 Å². The first kappa shape index (κ1) is 30.4. The number of alkyl halides is 3. The second kappa shape index (κ2) is 11.8. The van der Waals surface area contributed by atoms with E-state index in [-0.39, 0.29) is 53.0 Å². The molecule has 240 valence electrons. The Labute approximate surface area is 265 Å². The van der Waals surface area contributed by atoms with Crippen molar-refractivity contribution in [3.63, 3.8) is 0 Å². The summed E-state index contributed by atoms with van der Waals surface area (Å²) in [5.74, 6) is -1.28. The van der Waals surface area contributed by atoms with E-state index in [4.69, 9.17) is 4.74 Å². The van der Waals surface area contributed by atoms with Crippen LogP contribution in [-0.2, 0) is 22.4 Å². The van der Waals surface area contributed by atoms with Crippen molar-refractivity contribution in [3.8, 4) is 16.9 Å². The Balaban J connectivity index is 1.04. The number of Topliss-reactive ketones (excluding diaryl/α,β-unsaturated/α-hetero) is 1. The normalized spacial score (nSPS) is 15.3. The fourth-order valence-electron chi connectivity index (χ4n) is 5.79. The SMILES string of the molecule is O=C(Cc1ccc(F)cc1)Cc1ccc(-c2ccc3nc(Nc4ccc(C(=O)N5CC6(COC6)C5)cc4OC(F)(F)F)nn3c2)cc1. The highest BCUT2D eigenvalue weighted by Gasteiger charge is 2.50. The molecule has 3 aromatic carbocycles. The highest BCUT2D eigenvalue weighted by Crippen LogP contribution is 2.39. The molecule has 9 nitrogen and oxygen atoms in total. The van der Waals surface area contributed by atoms with E-state index in [1.54, 1.807) is 29.3 Å². The minimum atomic E-state index is -4.99. The number of ether oxygens (including phenoxy) is 2. The smallest absolute Gasteiger partial charge is 0.404 e. The van der Waals surface area contributed by atoms with Gasteiger partial charge in [0.25, 0.3) is 5.91 Å². The molecule has 1 amide bonds. The van der Waals surface area contributed by atoms with Crippen molar-refractivity contribution >= 4 is 29.0 Å². The number of nitrogens with one attached hydrogen (secondary N) is 1. The number of fused-ring (bicyclic) bond motifs is 1. The minimum Gasteiger partial charge on any atom is -0.404 e. The average Bonchev–Trinajstić information content (AvgIpc) is 3.39. The molecule has 0 radical (unpaired) electrons. The molecule has 2 aliphatic rings. The standard InChI is InChI=1S/C34H27F4N5O4/c35-26-9-3-22(4-10-26)14-27(44)13-21-1-5-23(6-2-21)25-8-12-30-40-32(41-43(30)16-25)39-28-11-7-24(15-29(28)47-34(36,37)38)31(45)42-17-33(18-42)19-46-20-33/h1-12,15-16H,13-14,17-20H2,(H,39,41). The average molecular weight is 646 g/mol. The van der Waals surface area contributed by atoms with Crippen LogP contribution in [0, 0.1) is 11.2 Å². The molecule has 0 bridgehead atoms. The summed E-state index contributed by atoms with van der Waals surface area (Å²) in [5, 5.41) is 7.16. The van der Waals surface area contributed by atoms with Gasteiger partial charge in [-0.15, -0.1) is 18.3 Å². The number of rotatable bonds is 9. The minimum absolute atomic E-state index is 0.00648. The molecule has 0 atom stereocenters. The van der Waals surface area contributed by atoms with Gasteiger partial charge in [0.05, 0.1) is 24.3 Å². The summed E-state index contributed by atoms with van der Waals surface area (Å²) in [4.78, 5) is 31.4. The molecule has 2 saturated heterocycles. The second-order valence-corrected chi connectivity index (χ2v) is 11.9. The monoisotopic (exact) mass is 645 g/mol. The molecule has 1 N–H and O–H groups in total. The van der Waals surface area contributed by atoms with Gasteiger partial charge in [0.2, 0.25) is 5.95 Å². The summed E-state index contributed by atoms with van der Waals surface area (Å²) in [6, 6.07) is 20.7. The molecule has 13 heteroatoms. The topological polar surface area (TPSA) is 98.1 Å². The second-order valence-electron chi connectivity index (χ2n) is 11.9. The Morgan fingerprint density at radius 2 is 1.55 bits per heavy atom. The van der Waals surface area contributed by atoms with Gasteiger partial charge in [-0.05, 0) is 59.2 Å². The number of nitrogens with zero attached hydrogens (tertiary/aromatic N) is 4. The fraction of sp³-hybridized carbons (Fsp3) is 0.235. The van der Waals surface area contributed by atoms with E-state index in [1.165, 1.54) is 28.8 Å². The lowest BCUT2D eigenvalue weighted by Gasteiger charge is -2.54. The van der Waals surface area contributed by atoms with E-state index in [0.717, 1.165) is 28.3 Å². The first-order chi connectivity index (χ1) is 22.5. The number of anilines is 2. The molecule has 0 saturated carbocycles. The number of benzene rings is 3. The van der Waals surface area contributed by atoms with Gasteiger partial charge in [0, 0.05) is 43.3 Å². The van der Waals surface area contributed by atoms with Gasteiger partial charge in [-0.1, -0.05) is 36.4 Å². The van der Waals surface area contributed by atoms with Gasteiger partial charge >= 0.3 is 6.36 Å². The van der Waals surface area contributed by atoms with E-state index >= 15 is 0 Å². The Hall–Kier alpha value is -5.30. The lowest BCUT2D eigenvalue weighted by atomic mass is 9.78. The number of carbonyl (C=O) groups is 2. The number of amides is 1. The van der Waals surface area contributed by atoms with E-state index in [9.17, 15) is 27.2 Å². The fourth-order valence-corrected chi connectivity index (χ4v) is 5.79. The first-order valence-corrected chi connectivity index (χ1v) is 14.8. The summed E-state index contributed by atoms with van der Waals surface area (Å²) in [6.45, 7) is 2.14.